The number of nitrogens with zero attached hydrogens (tertiary/aromatic N) is 1. The van der Waals surface area contributed by atoms with E-state index >= 15 is 0 Å². The number of sulfonamides is 1. The first kappa shape index (κ1) is 26.3. The van der Waals surface area contributed by atoms with Crippen LogP contribution in [0.25, 0.3) is 0 Å². The van der Waals surface area contributed by atoms with Gasteiger partial charge in [-0.1, -0.05) is 75.6 Å². The first-order valence-electron chi connectivity index (χ1n) is 11.3. The number of aliphatic hydroxyl groups is 1. The maximum Gasteiger partial charge on any atom is 0.248 e. The zero-order chi connectivity index (χ0) is 23.8. The van der Waals surface area contributed by atoms with Crippen molar-refractivity contribution in [2.75, 3.05) is 16.9 Å². The normalized spacial score (nSPS) is 13.2. The first-order chi connectivity index (χ1) is 15.1. The van der Waals surface area contributed by atoms with Crippen LogP contribution in [0.4, 0.5) is 5.69 Å². The van der Waals surface area contributed by atoms with Crippen molar-refractivity contribution in [2.45, 2.75) is 72.0 Å². The van der Waals surface area contributed by atoms with Crippen molar-refractivity contribution >= 4 is 15.7 Å². The summed E-state index contributed by atoms with van der Waals surface area (Å²) in [6.45, 7) is 10.2. The SMILES string of the molecule is CCCCC(O)C(C)(C)c1ccc(N(NCOCc2cccc(C)c2)S(=O)(=O)CC)cc1. The van der Waals surface area contributed by atoms with Gasteiger partial charge < -0.3 is 9.84 Å². The molecule has 1 unspecified atom stereocenters. The van der Waals surface area contributed by atoms with Gasteiger partial charge in [0.05, 0.1) is 24.2 Å². The fourth-order valence-corrected chi connectivity index (χ4v) is 4.48. The fourth-order valence-electron chi connectivity index (χ4n) is 3.53. The molecule has 0 heterocycles. The molecule has 0 saturated carbocycles. The van der Waals surface area contributed by atoms with E-state index in [9.17, 15) is 13.5 Å². The van der Waals surface area contributed by atoms with Crippen LogP contribution in [-0.2, 0) is 26.8 Å². The summed E-state index contributed by atoms with van der Waals surface area (Å²) in [5.41, 5.74) is 6.13. The molecule has 0 radical (unpaired) electrons. The highest BCUT2D eigenvalue weighted by atomic mass is 32.2. The van der Waals surface area contributed by atoms with Gasteiger partial charge in [-0.15, -0.1) is 0 Å². The number of hydrogen-bond donors (Lipinski definition) is 2. The van der Waals surface area contributed by atoms with Crippen LogP contribution in [0, 0.1) is 6.92 Å². The van der Waals surface area contributed by atoms with Crippen molar-refractivity contribution in [3.8, 4) is 0 Å². The van der Waals surface area contributed by atoms with Gasteiger partial charge in [-0.3, -0.25) is 0 Å². The average molecular weight is 463 g/mol. The Morgan fingerprint density at radius 1 is 1.12 bits per heavy atom. The predicted molar refractivity (Wildman–Crippen MR) is 131 cm³/mol. The molecule has 0 saturated heterocycles. The highest BCUT2D eigenvalue weighted by Gasteiger charge is 2.30. The molecule has 0 aliphatic heterocycles. The summed E-state index contributed by atoms with van der Waals surface area (Å²) >= 11 is 0. The number of hydrogen-bond acceptors (Lipinski definition) is 5. The largest absolute Gasteiger partial charge is 0.392 e. The number of benzene rings is 2. The van der Waals surface area contributed by atoms with Gasteiger partial charge in [-0.2, -0.15) is 5.43 Å². The maximum absolute atomic E-state index is 12.7. The third-order valence-corrected chi connectivity index (χ3v) is 7.44. The minimum absolute atomic E-state index is 0.0408. The third-order valence-electron chi connectivity index (χ3n) is 5.81. The Balaban J connectivity index is 2.10. The Kier molecular flexibility index (Phi) is 9.70. The van der Waals surface area contributed by atoms with Crippen molar-refractivity contribution in [3.05, 3.63) is 65.2 Å². The summed E-state index contributed by atoms with van der Waals surface area (Å²) in [6, 6.07) is 15.3. The van der Waals surface area contributed by atoms with Crippen LogP contribution in [0.2, 0.25) is 0 Å². The van der Waals surface area contributed by atoms with E-state index in [0.717, 1.165) is 36.0 Å². The summed E-state index contributed by atoms with van der Waals surface area (Å²) in [7, 11) is -3.55. The molecule has 2 aromatic rings. The van der Waals surface area contributed by atoms with E-state index in [0.29, 0.717) is 12.3 Å². The molecule has 2 aromatic carbocycles. The topological polar surface area (TPSA) is 78.9 Å². The quantitative estimate of drug-likeness (QED) is 0.257. The lowest BCUT2D eigenvalue weighted by atomic mass is 9.77. The van der Waals surface area contributed by atoms with E-state index in [1.807, 2.05) is 57.2 Å². The second kappa shape index (κ2) is 11.8. The van der Waals surface area contributed by atoms with Crippen LogP contribution in [-0.4, -0.2) is 32.1 Å². The molecule has 32 heavy (non-hydrogen) atoms. The van der Waals surface area contributed by atoms with Gasteiger partial charge in [-0.05, 0) is 43.5 Å². The van der Waals surface area contributed by atoms with Crippen LogP contribution in [0.3, 0.4) is 0 Å². The number of unbranched alkanes of at least 4 members (excludes halogenated alkanes) is 1. The molecule has 0 bridgehead atoms. The predicted octanol–water partition coefficient (Wildman–Crippen LogP) is 4.66. The number of ether oxygens (including phenoxy) is 1. The molecular weight excluding hydrogens is 424 g/mol. The van der Waals surface area contributed by atoms with Crippen LogP contribution in [0.5, 0.6) is 0 Å². The van der Waals surface area contributed by atoms with Gasteiger partial charge in [0.2, 0.25) is 10.0 Å². The second-order valence-electron chi connectivity index (χ2n) is 8.73. The van der Waals surface area contributed by atoms with Gasteiger partial charge in [-0.25, -0.2) is 12.8 Å². The molecule has 2 N–H and O–H groups in total. The lowest BCUT2D eigenvalue weighted by Crippen LogP contribution is -2.45. The van der Waals surface area contributed by atoms with Crippen molar-refractivity contribution in [3.63, 3.8) is 0 Å². The van der Waals surface area contributed by atoms with Gasteiger partial charge >= 0.3 is 0 Å². The molecule has 0 aliphatic rings. The minimum Gasteiger partial charge on any atom is -0.392 e. The van der Waals surface area contributed by atoms with E-state index < -0.39 is 21.5 Å². The fraction of sp³-hybridized carbons (Fsp3) is 0.520. The van der Waals surface area contributed by atoms with Crippen molar-refractivity contribution in [2.24, 2.45) is 0 Å². The molecule has 6 nitrogen and oxygen atoms in total. The van der Waals surface area contributed by atoms with E-state index in [-0.39, 0.29) is 12.5 Å². The summed E-state index contributed by atoms with van der Waals surface area (Å²) in [5, 5.41) is 10.6. The van der Waals surface area contributed by atoms with E-state index in [2.05, 4.69) is 12.3 Å². The second-order valence-corrected chi connectivity index (χ2v) is 10.8. The van der Waals surface area contributed by atoms with Crippen LogP contribution >= 0.6 is 0 Å². The maximum atomic E-state index is 12.7. The zero-order valence-electron chi connectivity index (χ0n) is 20.0. The number of anilines is 1. The number of rotatable bonds is 13. The summed E-state index contributed by atoms with van der Waals surface area (Å²) in [6.07, 6.45) is 2.28. The Labute approximate surface area is 193 Å². The first-order valence-corrected chi connectivity index (χ1v) is 12.9. The summed E-state index contributed by atoms with van der Waals surface area (Å²) < 4.78 is 32.2. The number of hydrazine groups is 1. The van der Waals surface area contributed by atoms with Gasteiger partial charge in [0.1, 0.15) is 6.73 Å². The van der Waals surface area contributed by atoms with Crippen LogP contribution in [0.1, 0.15) is 63.6 Å². The van der Waals surface area contributed by atoms with Crippen molar-refractivity contribution in [1.82, 2.24) is 5.43 Å². The molecule has 0 spiro atoms. The molecule has 0 fully saturated rings. The smallest absolute Gasteiger partial charge is 0.248 e. The molecule has 0 amide bonds. The molecule has 2 rings (SSSR count). The van der Waals surface area contributed by atoms with E-state index in [4.69, 9.17) is 4.74 Å². The van der Waals surface area contributed by atoms with E-state index in [1.54, 1.807) is 19.1 Å². The van der Waals surface area contributed by atoms with Crippen LogP contribution < -0.4 is 9.84 Å². The average Bonchev–Trinajstić information content (AvgIpc) is 2.77. The standard InChI is InChI=1S/C25H38N2O4S/c1-6-8-12-24(28)25(4,5)22-13-15-23(16-14-22)27(32(29,30)7-2)26-19-31-18-21-11-9-10-20(3)17-21/h9-11,13-17,24,26,28H,6-8,12,18-19H2,1-5H3. The third kappa shape index (κ3) is 7.04. The van der Waals surface area contributed by atoms with Crippen molar-refractivity contribution < 1.29 is 18.3 Å². The lowest BCUT2D eigenvalue weighted by molar-refractivity contribution is 0.0890. The Morgan fingerprint density at radius 3 is 2.41 bits per heavy atom. The molecule has 1 atom stereocenters. The lowest BCUT2D eigenvalue weighted by Gasteiger charge is -2.32. The van der Waals surface area contributed by atoms with Gasteiger partial charge in [0.15, 0.2) is 0 Å². The molecular formula is C25H38N2O4S. The van der Waals surface area contributed by atoms with Gasteiger partial charge in [0.25, 0.3) is 0 Å². The highest BCUT2D eigenvalue weighted by molar-refractivity contribution is 7.92. The minimum atomic E-state index is -3.55. The number of nitrogens with one attached hydrogen (secondary N) is 1. The van der Waals surface area contributed by atoms with Crippen molar-refractivity contribution in [1.29, 1.82) is 0 Å². The highest BCUT2D eigenvalue weighted by Crippen LogP contribution is 2.31. The Bertz CT molecular complexity index is 943. The Hall–Kier alpha value is -1.93. The zero-order valence-corrected chi connectivity index (χ0v) is 20.8. The molecule has 178 valence electrons. The van der Waals surface area contributed by atoms with Gasteiger partial charge in [0, 0.05) is 5.41 Å². The number of aliphatic hydroxyl groups excluding tert-OH is 1. The monoisotopic (exact) mass is 462 g/mol. The Morgan fingerprint density at radius 2 is 1.81 bits per heavy atom. The molecule has 0 aliphatic carbocycles. The molecule has 7 heteroatoms. The van der Waals surface area contributed by atoms with E-state index in [1.165, 1.54) is 4.41 Å². The van der Waals surface area contributed by atoms with Crippen LogP contribution in [0.15, 0.2) is 48.5 Å². The summed E-state index contributed by atoms with van der Waals surface area (Å²) in [4.78, 5) is 0. The molecule has 0 aromatic heterocycles. The summed E-state index contributed by atoms with van der Waals surface area (Å²) in [5.74, 6) is -0.0408. The number of aryl methyl sites for hydroxylation is 1.